The highest BCUT2D eigenvalue weighted by Gasteiger charge is 2.46. The third kappa shape index (κ3) is 4.56. The second-order valence-corrected chi connectivity index (χ2v) is 11.9. The monoisotopic (exact) mass is 551 g/mol. The van der Waals surface area contributed by atoms with E-state index in [4.69, 9.17) is 4.74 Å². The van der Waals surface area contributed by atoms with Crippen LogP contribution in [0, 0.1) is 0 Å². The molecule has 2 aliphatic carbocycles. The van der Waals surface area contributed by atoms with Crippen molar-refractivity contribution in [3.63, 3.8) is 0 Å². The van der Waals surface area contributed by atoms with Crippen molar-refractivity contribution in [3.8, 4) is 11.1 Å². The van der Waals surface area contributed by atoms with E-state index in [1.54, 1.807) is 0 Å². The molecule has 7 rings (SSSR count). The van der Waals surface area contributed by atoms with Crippen LogP contribution in [0.25, 0.3) is 11.1 Å². The van der Waals surface area contributed by atoms with Crippen LogP contribution in [0.2, 0.25) is 0 Å². The number of fused-ring (bicyclic) bond motifs is 4. The lowest BCUT2D eigenvalue weighted by atomic mass is 9.87. The summed E-state index contributed by atoms with van der Waals surface area (Å²) in [5, 5.41) is 9.79. The first kappa shape index (κ1) is 26.1. The van der Waals surface area contributed by atoms with E-state index < -0.39 is 11.8 Å². The first-order valence-electron chi connectivity index (χ1n) is 15.1. The van der Waals surface area contributed by atoms with Crippen LogP contribution in [0.1, 0.15) is 65.6 Å². The summed E-state index contributed by atoms with van der Waals surface area (Å²) >= 11 is 0. The number of nitrogens with zero attached hydrogens (tertiary/aromatic N) is 3. The van der Waals surface area contributed by atoms with Crippen LogP contribution in [0.15, 0.2) is 66.7 Å². The van der Waals surface area contributed by atoms with Gasteiger partial charge in [-0.3, -0.25) is 9.69 Å². The topological polar surface area (TPSA) is 73.3 Å². The number of carbonyl (C=O) groups is 2. The second kappa shape index (κ2) is 10.5. The molecule has 2 fully saturated rings. The van der Waals surface area contributed by atoms with Crippen molar-refractivity contribution >= 4 is 17.7 Å². The second-order valence-electron chi connectivity index (χ2n) is 11.9. The van der Waals surface area contributed by atoms with Crippen LogP contribution >= 0.6 is 0 Å². The Morgan fingerprint density at radius 1 is 0.854 bits per heavy atom. The Hall–Kier alpha value is -3.84. The highest BCUT2D eigenvalue weighted by atomic mass is 16.7. The van der Waals surface area contributed by atoms with Crippen molar-refractivity contribution in [1.82, 2.24) is 9.80 Å². The molecule has 3 aromatic carbocycles. The molecule has 0 atom stereocenters. The van der Waals surface area contributed by atoms with Crippen LogP contribution < -0.4 is 4.90 Å². The number of rotatable bonds is 6. The molecular formula is C34H37N3O4. The molecule has 2 heterocycles. The lowest BCUT2D eigenvalue weighted by Gasteiger charge is -2.38. The van der Waals surface area contributed by atoms with E-state index in [1.165, 1.54) is 19.3 Å². The molecule has 1 saturated carbocycles. The number of ether oxygens (including phenoxy) is 1. The Kier molecular flexibility index (Phi) is 6.70. The Bertz CT molecular complexity index is 1430. The van der Waals surface area contributed by atoms with Crippen molar-refractivity contribution in [2.24, 2.45) is 0 Å². The molecule has 1 saturated heterocycles. The number of hydrogen-bond donors (Lipinski definition) is 1. The van der Waals surface area contributed by atoms with Crippen molar-refractivity contribution < 1.29 is 19.4 Å². The third-order valence-electron chi connectivity index (χ3n) is 9.73. The first-order chi connectivity index (χ1) is 20.0. The van der Waals surface area contributed by atoms with Crippen molar-refractivity contribution in [3.05, 3.63) is 89.0 Å². The van der Waals surface area contributed by atoms with Crippen LogP contribution in [-0.2, 0) is 16.9 Å². The predicted octanol–water partition coefficient (Wildman–Crippen LogP) is 6.11. The Labute approximate surface area is 241 Å². The minimum absolute atomic E-state index is 0.202. The van der Waals surface area contributed by atoms with Crippen molar-refractivity contribution in [2.75, 3.05) is 37.6 Å². The molecule has 4 aliphatic rings. The largest absolute Gasteiger partial charge is 0.507 e. The molecule has 212 valence electrons. The number of piperazine rings is 1. The Balaban J connectivity index is 1.03. The van der Waals surface area contributed by atoms with E-state index in [1.807, 2.05) is 36.4 Å². The summed E-state index contributed by atoms with van der Waals surface area (Å²) in [6, 6.07) is 22.8. The summed E-state index contributed by atoms with van der Waals surface area (Å²) < 4.78 is 5.78. The lowest BCUT2D eigenvalue weighted by molar-refractivity contribution is -0.00500. The molecule has 2 aliphatic heterocycles. The molecule has 7 heteroatoms. The normalized spacial score (nSPS) is 20.0. The summed E-state index contributed by atoms with van der Waals surface area (Å²) in [5.41, 5.74) is 6.07. The third-order valence-corrected chi connectivity index (χ3v) is 9.73. The average molecular weight is 552 g/mol. The van der Waals surface area contributed by atoms with Gasteiger partial charge in [-0.2, -0.15) is 0 Å². The number of hydrogen-bond acceptors (Lipinski definition) is 5. The molecule has 1 amide bonds. The molecule has 0 radical (unpaired) electrons. The summed E-state index contributed by atoms with van der Waals surface area (Å²) in [6.07, 6.45) is 5.29. The number of carboxylic acid groups (broad SMARTS) is 1. The zero-order valence-electron chi connectivity index (χ0n) is 23.4. The quantitative estimate of drug-likeness (QED) is 0.373. The Morgan fingerprint density at radius 2 is 1.51 bits per heavy atom. The molecule has 0 spiro atoms. The number of benzene rings is 3. The smallest absolute Gasteiger partial charge is 0.450 e. The molecular weight excluding hydrogens is 514 g/mol. The molecule has 7 nitrogen and oxygen atoms in total. The van der Waals surface area contributed by atoms with Gasteiger partial charge in [0.15, 0.2) is 5.60 Å². The van der Waals surface area contributed by atoms with Gasteiger partial charge in [0.05, 0.1) is 0 Å². The van der Waals surface area contributed by atoms with Crippen LogP contribution in [-0.4, -0.2) is 65.7 Å². The zero-order chi connectivity index (χ0) is 28.0. The average Bonchev–Trinajstić information content (AvgIpc) is 3.49. The molecule has 0 unspecified atom stereocenters. The highest BCUT2D eigenvalue weighted by Crippen LogP contribution is 2.51. The van der Waals surface area contributed by atoms with Gasteiger partial charge in [-0.25, -0.2) is 4.79 Å². The first-order valence-corrected chi connectivity index (χ1v) is 15.1. The fourth-order valence-electron chi connectivity index (χ4n) is 7.61. The fraction of sp³-hybridized carbons (Fsp3) is 0.412. The maximum atomic E-state index is 13.3. The molecule has 0 aromatic heterocycles. The predicted molar refractivity (Wildman–Crippen MR) is 158 cm³/mol. The van der Waals surface area contributed by atoms with Crippen LogP contribution in [0.5, 0.6) is 0 Å². The van der Waals surface area contributed by atoms with E-state index in [0.717, 1.165) is 91.2 Å². The summed E-state index contributed by atoms with van der Waals surface area (Å²) in [7, 11) is 0. The van der Waals surface area contributed by atoms with E-state index in [-0.39, 0.29) is 5.91 Å². The van der Waals surface area contributed by atoms with Gasteiger partial charge in [0.2, 0.25) is 0 Å². The lowest BCUT2D eigenvalue weighted by Crippen LogP contribution is -2.48. The molecule has 3 aromatic rings. The number of anilines is 1. The SMILES string of the molecule is O=C(O)OC1(CCN2CCN(c3ccc4c(c3)C(=O)N(C3CCCCC3)C4)CC2)c2ccccc2-c2ccccc21. The highest BCUT2D eigenvalue weighted by molar-refractivity contribution is 5.99. The van der Waals surface area contributed by atoms with Gasteiger partial charge in [-0.05, 0) is 41.7 Å². The summed E-state index contributed by atoms with van der Waals surface area (Å²) in [4.78, 5) is 32.2. The molecule has 41 heavy (non-hydrogen) atoms. The van der Waals surface area contributed by atoms with E-state index in [2.05, 4.69) is 45.0 Å². The molecule has 1 N–H and O–H groups in total. The Morgan fingerprint density at radius 3 is 2.17 bits per heavy atom. The molecule has 0 bridgehead atoms. The summed E-state index contributed by atoms with van der Waals surface area (Å²) in [5.74, 6) is 0.202. The van der Waals surface area contributed by atoms with Gasteiger partial charge < -0.3 is 19.6 Å². The number of carbonyl (C=O) groups excluding carboxylic acids is 1. The van der Waals surface area contributed by atoms with E-state index in [0.29, 0.717) is 12.5 Å². The van der Waals surface area contributed by atoms with E-state index >= 15 is 0 Å². The maximum Gasteiger partial charge on any atom is 0.507 e. The minimum atomic E-state index is -1.26. The van der Waals surface area contributed by atoms with E-state index in [9.17, 15) is 14.7 Å². The minimum Gasteiger partial charge on any atom is -0.450 e. The van der Waals surface area contributed by atoms with Gasteiger partial charge in [0, 0.05) is 74.1 Å². The van der Waals surface area contributed by atoms with Crippen LogP contribution in [0.3, 0.4) is 0 Å². The summed E-state index contributed by atoms with van der Waals surface area (Å²) in [6.45, 7) is 4.93. The standard InChI is InChI=1S/C34H37N3O4/c38-32-29-22-26(15-14-24(29)23-37(32)25-8-2-1-3-9-25)36-20-18-35(19-21-36)17-16-34(41-33(39)40)30-12-6-4-10-27(30)28-11-5-7-13-31(28)34/h4-7,10-15,22,25H,1-3,8-9,16-21,23H2,(H,39,40). The maximum absolute atomic E-state index is 13.3. The van der Waals surface area contributed by atoms with Crippen LogP contribution in [0.4, 0.5) is 10.5 Å². The zero-order valence-corrected chi connectivity index (χ0v) is 23.4. The van der Waals surface area contributed by atoms with Gasteiger partial charge >= 0.3 is 6.16 Å². The van der Waals surface area contributed by atoms with Gasteiger partial charge in [-0.15, -0.1) is 0 Å². The fourth-order valence-corrected chi connectivity index (χ4v) is 7.61. The van der Waals surface area contributed by atoms with Gasteiger partial charge in [0.25, 0.3) is 5.91 Å². The van der Waals surface area contributed by atoms with Crippen molar-refractivity contribution in [2.45, 2.75) is 56.7 Å². The van der Waals surface area contributed by atoms with Gasteiger partial charge in [0.1, 0.15) is 0 Å². The van der Waals surface area contributed by atoms with Gasteiger partial charge in [-0.1, -0.05) is 73.9 Å². The number of amides is 1. The van der Waals surface area contributed by atoms with Crippen molar-refractivity contribution in [1.29, 1.82) is 0 Å².